The third kappa shape index (κ3) is 2.11. The molecular weight excluding hydrogens is 266 g/mol. The molecular formula is C14H8F2N2O2. The number of phenolic OH excluding ortho intramolecular Hbond substituents is 1. The minimum Gasteiger partial charge on any atom is -0.507 e. The van der Waals surface area contributed by atoms with Crippen LogP contribution in [0.15, 0.2) is 47.0 Å². The third-order valence-corrected chi connectivity index (χ3v) is 2.71. The lowest BCUT2D eigenvalue weighted by Crippen LogP contribution is -1.86. The van der Waals surface area contributed by atoms with Gasteiger partial charge in [-0.2, -0.15) is 4.98 Å². The largest absolute Gasteiger partial charge is 0.507 e. The van der Waals surface area contributed by atoms with E-state index in [-0.39, 0.29) is 23.0 Å². The van der Waals surface area contributed by atoms with E-state index < -0.39 is 11.6 Å². The van der Waals surface area contributed by atoms with Crippen LogP contribution in [0.25, 0.3) is 22.8 Å². The topological polar surface area (TPSA) is 59.2 Å². The van der Waals surface area contributed by atoms with Crippen molar-refractivity contribution in [3.63, 3.8) is 0 Å². The van der Waals surface area contributed by atoms with Crippen LogP contribution in [0.1, 0.15) is 0 Å². The predicted octanol–water partition coefficient (Wildman–Crippen LogP) is 3.39. The Morgan fingerprint density at radius 2 is 1.85 bits per heavy atom. The van der Waals surface area contributed by atoms with Gasteiger partial charge in [-0.05, 0) is 24.3 Å². The Bertz CT molecular complexity index is 751. The fraction of sp³-hybridized carbons (Fsp3) is 0. The molecule has 0 bridgehead atoms. The first kappa shape index (κ1) is 12.3. The highest BCUT2D eigenvalue weighted by atomic mass is 19.1. The smallest absolute Gasteiger partial charge is 0.265 e. The number of hydrogen-bond donors (Lipinski definition) is 1. The van der Waals surface area contributed by atoms with Crippen molar-refractivity contribution in [2.45, 2.75) is 0 Å². The summed E-state index contributed by atoms with van der Waals surface area (Å²) >= 11 is 0. The molecule has 0 spiro atoms. The summed E-state index contributed by atoms with van der Waals surface area (Å²) < 4.78 is 31.7. The number of hydrogen-bond acceptors (Lipinski definition) is 4. The summed E-state index contributed by atoms with van der Waals surface area (Å²) in [5.74, 6) is -1.48. The van der Waals surface area contributed by atoms with Crippen molar-refractivity contribution in [1.29, 1.82) is 0 Å². The molecule has 3 aromatic rings. The lowest BCUT2D eigenvalue weighted by atomic mass is 10.2. The second-order valence-electron chi connectivity index (χ2n) is 4.07. The highest BCUT2D eigenvalue weighted by Crippen LogP contribution is 2.31. The average Bonchev–Trinajstić information content (AvgIpc) is 2.88. The molecule has 6 heteroatoms. The molecule has 20 heavy (non-hydrogen) atoms. The normalized spacial score (nSPS) is 10.7. The zero-order chi connectivity index (χ0) is 14.1. The summed E-state index contributed by atoms with van der Waals surface area (Å²) in [5, 5.41) is 13.3. The van der Waals surface area contributed by atoms with Crippen molar-refractivity contribution >= 4 is 0 Å². The van der Waals surface area contributed by atoms with Crippen molar-refractivity contribution in [2.24, 2.45) is 0 Å². The van der Waals surface area contributed by atoms with E-state index in [9.17, 15) is 13.9 Å². The van der Waals surface area contributed by atoms with Gasteiger partial charge in [0.2, 0.25) is 5.82 Å². The number of rotatable bonds is 2. The summed E-state index contributed by atoms with van der Waals surface area (Å²) in [4.78, 5) is 3.97. The lowest BCUT2D eigenvalue weighted by molar-refractivity contribution is 0.421. The molecule has 1 N–H and O–H groups in total. The summed E-state index contributed by atoms with van der Waals surface area (Å²) in [7, 11) is 0. The third-order valence-electron chi connectivity index (χ3n) is 2.71. The summed E-state index contributed by atoms with van der Waals surface area (Å²) in [6, 6.07) is 9.45. The van der Waals surface area contributed by atoms with Gasteiger partial charge in [-0.1, -0.05) is 23.4 Å². The molecule has 0 saturated heterocycles. The van der Waals surface area contributed by atoms with Crippen LogP contribution in [0.5, 0.6) is 5.75 Å². The van der Waals surface area contributed by atoms with E-state index in [0.29, 0.717) is 5.56 Å². The number of benzene rings is 2. The van der Waals surface area contributed by atoms with Gasteiger partial charge < -0.3 is 9.63 Å². The molecule has 0 aliphatic carbocycles. The van der Waals surface area contributed by atoms with Crippen molar-refractivity contribution < 1.29 is 18.4 Å². The average molecular weight is 274 g/mol. The lowest BCUT2D eigenvalue weighted by Gasteiger charge is -1.99. The molecule has 0 aliphatic heterocycles. The first-order valence-corrected chi connectivity index (χ1v) is 5.72. The van der Waals surface area contributed by atoms with Crippen LogP contribution in [-0.2, 0) is 0 Å². The first-order chi connectivity index (χ1) is 9.65. The molecule has 4 nitrogen and oxygen atoms in total. The van der Waals surface area contributed by atoms with Crippen LogP contribution in [-0.4, -0.2) is 15.2 Å². The van der Waals surface area contributed by atoms with Gasteiger partial charge >= 0.3 is 0 Å². The first-order valence-electron chi connectivity index (χ1n) is 5.72. The molecule has 3 rings (SSSR count). The van der Waals surface area contributed by atoms with Gasteiger partial charge in [0, 0.05) is 5.56 Å². The number of aromatic nitrogens is 2. The van der Waals surface area contributed by atoms with Gasteiger partial charge in [-0.15, -0.1) is 0 Å². The summed E-state index contributed by atoms with van der Waals surface area (Å²) in [6.07, 6.45) is 0. The van der Waals surface area contributed by atoms with Gasteiger partial charge in [0.25, 0.3) is 5.89 Å². The van der Waals surface area contributed by atoms with E-state index in [4.69, 9.17) is 4.52 Å². The summed E-state index contributed by atoms with van der Waals surface area (Å²) in [5.41, 5.74) is 0.221. The van der Waals surface area contributed by atoms with Gasteiger partial charge in [-0.3, -0.25) is 0 Å². The second-order valence-corrected chi connectivity index (χ2v) is 4.07. The monoisotopic (exact) mass is 274 g/mol. The van der Waals surface area contributed by atoms with Crippen LogP contribution in [0.2, 0.25) is 0 Å². The molecule has 0 amide bonds. The van der Waals surface area contributed by atoms with Crippen molar-refractivity contribution in [1.82, 2.24) is 10.1 Å². The van der Waals surface area contributed by atoms with Crippen LogP contribution < -0.4 is 0 Å². The Balaban J connectivity index is 2.07. The van der Waals surface area contributed by atoms with Gasteiger partial charge in [0.1, 0.15) is 22.9 Å². The Morgan fingerprint density at radius 1 is 1.05 bits per heavy atom. The number of nitrogens with zero attached hydrogens (tertiary/aromatic N) is 2. The number of halogens is 2. The molecule has 0 saturated carbocycles. The Kier molecular flexibility index (Phi) is 2.90. The maximum absolute atomic E-state index is 13.7. The quantitative estimate of drug-likeness (QED) is 0.778. The van der Waals surface area contributed by atoms with Gasteiger partial charge in [0.15, 0.2) is 0 Å². The van der Waals surface area contributed by atoms with Crippen LogP contribution >= 0.6 is 0 Å². The predicted molar refractivity (Wildman–Crippen MR) is 66.8 cm³/mol. The standard InChI is InChI=1S/C14H8F2N2O2/c15-9-4-1-3-8(7-9)13-17-14(20-18-13)12-10(16)5-2-6-11(12)19/h1-7,19H. The van der Waals surface area contributed by atoms with Gasteiger partial charge in [0.05, 0.1) is 0 Å². The molecule has 0 fully saturated rings. The van der Waals surface area contributed by atoms with E-state index in [2.05, 4.69) is 10.1 Å². The zero-order valence-electron chi connectivity index (χ0n) is 10.0. The van der Waals surface area contributed by atoms with Gasteiger partial charge in [-0.25, -0.2) is 8.78 Å². The van der Waals surface area contributed by atoms with Crippen LogP contribution in [0.3, 0.4) is 0 Å². The Labute approximate surface area is 112 Å². The van der Waals surface area contributed by atoms with E-state index >= 15 is 0 Å². The SMILES string of the molecule is Oc1cccc(F)c1-c1nc(-c2cccc(F)c2)no1. The van der Waals surface area contributed by atoms with Crippen molar-refractivity contribution in [3.8, 4) is 28.6 Å². The summed E-state index contributed by atoms with van der Waals surface area (Å²) in [6.45, 7) is 0. The Hall–Kier alpha value is -2.76. The Morgan fingerprint density at radius 3 is 2.60 bits per heavy atom. The van der Waals surface area contributed by atoms with E-state index in [1.165, 1.54) is 36.4 Å². The number of phenols is 1. The zero-order valence-corrected chi connectivity index (χ0v) is 10.0. The maximum Gasteiger partial charge on any atom is 0.265 e. The molecule has 0 radical (unpaired) electrons. The van der Waals surface area contributed by atoms with E-state index in [1.807, 2.05) is 0 Å². The highest BCUT2D eigenvalue weighted by Gasteiger charge is 2.18. The molecule has 100 valence electrons. The maximum atomic E-state index is 13.7. The second kappa shape index (κ2) is 4.73. The molecule has 0 atom stereocenters. The van der Waals surface area contributed by atoms with Crippen LogP contribution in [0, 0.1) is 11.6 Å². The van der Waals surface area contributed by atoms with Crippen LogP contribution in [0.4, 0.5) is 8.78 Å². The number of aromatic hydroxyl groups is 1. The molecule has 2 aromatic carbocycles. The molecule has 1 heterocycles. The van der Waals surface area contributed by atoms with Crippen molar-refractivity contribution in [3.05, 3.63) is 54.1 Å². The van der Waals surface area contributed by atoms with Crippen molar-refractivity contribution in [2.75, 3.05) is 0 Å². The molecule has 1 aromatic heterocycles. The molecule has 0 unspecified atom stereocenters. The fourth-order valence-electron chi connectivity index (χ4n) is 1.79. The minimum atomic E-state index is -0.681. The van der Waals surface area contributed by atoms with E-state index in [0.717, 1.165) is 0 Å². The minimum absolute atomic E-state index is 0.113. The fourth-order valence-corrected chi connectivity index (χ4v) is 1.79. The molecule has 0 aliphatic rings. The highest BCUT2D eigenvalue weighted by molar-refractivity contribution is 5.65. The van der Waals surface area contributed by atoms with E-state index in [1.54, 1.807) is 6.07 Å².